The van der Waals surface area contributed by atoms with Gasteiger partial charge in [-0.3, -0.25) is 14.7 Å². The molecule has 1 aromatic heterocycles. The largest absolute Gasteiger partial charge is 0.463 e. The summed E-state index contributed by atoms with van der Waals surface area (Å²) in [7, 11) is 0. The van der Waals surface area contributed by atoms with Crippen LogP contribution in [0.2, 0.25) is 0 Å². The highest BCUT2D eigenvalue weighted by Gasteiger charge is 2.50. The molecule has 5 nitrogen and oxygen atoms in total. The molecule has 0 N–H and O–H groups in total. The highest BCUT2D eigenvalue weighted by Crippen LogP contribution is 2.49. The number of ether oxygens (including phenoxy) is 1. The molecular formula is C26H24N2O3. The maximum absolute atomic E-state index is 14.1. The molecule has 156 valence electrons. The number of rotatable bonds is 7. The van der Waals surface area contributed by atoms with Crippen LogP contribution in [0, 0.1) is 0 Å². The summed E-state index contributed by atoms with van der Waals surface area (Å²) in [6, 6.07) is 21.4. The van der Waals surface area contributed by atoms with Crippen LogP contribution in [-0.4, -0.2) is 23.5 Å². The molecule has 5 heteroatoms. The number of esters is 1. The minimum Gasteiger partial charge on any atom is -0.463 e. The molecule has 0 saturated heterocycles. The monoisotopic (exact) mass is 412 g/mol. The highest BCUT2D eigenvalue weighted by molar-refractivity contribution is 6.13. The molecule has 0 bridgehead atoms. The van der Waals surface area contributed by atoms with Crippen LogP contribution in [-0.2, 0) is 26.2 Å². The minimum absolute atomic E-state index is 0.00905. The lowest BCUT2D eigenvalue weighted by atomic mass is 9.74. The molecular weight excluding hydrogens is 388 g/mol. The summed E-state index contributed by atoms with van der Waals surface area (Å²) < 4.78 is 5.02. The van der Waals surface area contributed by atoms with E-state index >= 15 is 0 Å². The van der Waals surface area contributed by atoms with Crippen molar-refractivity contribution in [3.8, 4) is 0 Å². The van der Waals surface area contributed by atoms with Crippen molar-refractivity contribution in [3.63, 3.8) is 0 Å². The molecule has 1 amide bonds. The molecule has 0 radical (unpaired) electrons. The van der Waals surface area contributed by atoms with Gasteiger partial charge in [-0.1, -0.05) is 42.5 Å². The Bertz CT molecular complexity index is 1100. The predicted octanol–water partition coefficient (Wildman–Crippen LogP) is 4.75. The van der Waals surface area contributed by atoms with Gasteiger partial charge in [-0.15, -0.1) is 0 Å². The van der Waals surface area contributed by atoms with Crippen LogP contribution in [0.15, 0.2) is 91.3 Å². The quantitative estimate of drug-likeness (QED) is 0.415. The number of carbonyl (C=O) groups is 2. The van der Waals surface area contributed by atoms with Gasteiger partial charge < -0.3 is 4.74 Å². The molecule has 31 heavy (non-hydrogen) atoms. The molecule has 2 aromatic carbocycles. The predicted molar refractivity (Wildman–Crippen MR) is 120 cm³/mol. The van der Waals surface area contributed by atoms with Gasteiger partial charge in [0, 0.05) is 24.2 Å². The molecule has 0 fully saturated rings. The number of aromatic nitrogens is 1. The van der Waals surface area contributed by atoms with Gasteiger partial charge >= 0.3 is 5.97 Å². The molecule has 1 atom stereocenters. The summed E-state index contributed by atoms with van der Waals surface area (Å²) in [5, 5.41) is 0. The fraction of sp³-hybridized carbons (Fsp3) is 0.192. The first-order chi connectivity index (χ1) is 15.2. The number of anilines is 2. The van der Waals surface area contributed by atoms with Gasteiger partial charge in [0.05, 0.1) is 17.7 Å². The van der Waals surface area contributed by atoms with Gasteiger partial charge in [-0.2, -0.15) is 0 Å². The first kappa shape index (κ1) is 20.5. The highest BCUT2D eigenvalue weighted by atomic mass is 16.5. The average Bonchev–Trinajstić information content (AvgIpc) is 3.03. The summed E-state index contributed by atoms with van der Waals surface area (Å²) >= 11 is 0. The maximum atomic E-state index is 14.1. The minimum atomic E-state index is -0.837. The number of benzene rings is 2. The number of amides is 1. The first-order valence-corrected chi connectivity index (χ1v) is 10.4. The summed E-state index contributed by atoms with van der Waals surface area (Å²) in [5.74, 6) is -0.412. The molecule has 3 aromatic rings. The number of para-hydroxylation sites is 2. The Morgan fingerprint density at radius 3 is 2.48 bits per heavy atom. The van der Waals surface area contributed by atoms with Crippen LogP contribution in [0.1, 0.15) is 24.5 Å². The molecule has 4 rings (SSSR count). The number of nitrogens with zero attached hydrogens (tertiary/aromatic N) is 2. The number of hydrogen-bond donors (Lipinski definition) is 0. The van der Waals surface area contributed by atoms with Crippen molar-refractivity contribution in [1.29, 1.82) is 0 Å². The van der Waals surface area contributed by atoms with E-state index in [-0.39, 0.29) is 5.91 Å². The van der Waals surface area contributed by atoms with Gasteiger partial charge in [0.1, 0.15) is 0 Å². The molecule has 2 heterocycles. The smallest absolute Gasteiger partial charge is 0.330 e. The van der Waals surface area contributed by atoms with Crippen molar-refractivity contribution in [3.05, 3.63) is 102 Å². The van der Waals surface area contributed by atoms with E-state index in [0.717, 1.165) is 22.5 Å². The van der Waals surface area contributed by atoms with E-state index < -0.39 is 11.4 Å². The molecule has 1 aliphatic heterocycles. The zero-order valence-electron chi connectivity index (χ0n) is 17.4. The van der Waals surface area contributed by atoms with Gasteiger partial charge in [-0.25, -0.2) is 4.79 Å². The number of pyridine rings is 1. The van der Waals surface area contributed by atoms with Gasteiger partial charge in [0.15, 0.2) is 0 Å². The Hall–Kier alpha value is -3.73. The third-order valence-electron chi connectivity index (χ3n) is 5.55. The van der Waals surface area contributed by atoms with Crippen LogP contribution < -0.4 is 4.90 Å². The molecule has 0 aliphatic carbocycles. The van der Waals surface area contributed by atoms with E-state index in [1.54, 1.807) is 30.3 Å². The van der Waals surface area contributed by atoms with E-state index in [0.29, 0.717) is 19.4 Å². The van der Waals surface area contributed by atoms with Crippen molar-refractivity contribution in [1.82, 2.24) is 4.98 Å². The maximum Gasteiger partial charge on any atom is 0.330 e. The first-order valence-electron chi connectivity index (χ1n) is 10.4. The standard InChI is InChI=1S/C26H24N2O3/c1-2-31-24(29)13-8-16-26(19-20-14-17-27-18-15-20)22-11-6-7-12-23(22)28(25(26)30)21-9-4-3-5-10-21/h3-15,17-18H,2,16,19H2,1H3/b13-8+. The van der Waals surface area contributed by atoms with E-state index in [9.17, 15) is 9.59 Å². The zero-order chi connectivity index (χ0) is 21.7. The molecule has 1 unspecified atom stereocenters. The van der Waals surface area contributed by atoms with Crippen molar-refractivity contribution >= 4 is 23.3 Å². The number of fused-ring (bicyclic) bond motifs is 1. The Kier molecular flexibility index (Phi) is 5.94. The van der Waals surface area contributed by atoms with Crippen LogP contribution in [0.5, 0.6) is 0 Å². The number of allylic oxidation sites excluding steroid dienone is 1. The lowest BCUT2D eigenvalue weighted by Gasteiger charge is -2.28. The van der Waals surface area contributed by atoms with Crippen molar-refractivity contribution in [2.75, 3.05) is 11.5 Å². The van der Waals surface area contributed by atoms with Gasteiger partial charge in [0.25, 0.3) is 0 Å². The second-order valence-electron chi connectivity index (χ2n) is 7.47. The van der Waals surface area contributed by atoms with Crippen LogP contribution in [0.4, 0.5) is 11.4 Å². The summed E-state index contributed by atoms with van der Waals surface area (Å²) in [6.45, 7) is 2.08. The van der Waals surface area contributed by atoms with Gasteiger partial charge in [0.2, 0.25) is 5.91 Å². The number of hydrogen-bond acceptors (Lipinski definition) is 4. The second-order valence-corrected chi connectivity index (χ2v) is 7.47. The normalized spacial score (nSPS) is 17.7. The van der Waals surface area contributed by atoms with E-state index in [4.69, 9.17) is 4.74 Å². The second kappa shape index (κ2) is 8.96. The fourth-order valence-electron chi connectivity index (χ4n) is 4.18. The average molecular weight is 412 g/mol. The van der Waals surface area contributed by atoms with Crippen molar-refractivity contribution < 1.29 is 14.3 Å². The fourth-order valence-corrected chi connectivity index (χ4v) is 4.18. The van der Waals surface area contributed by atoms with E-state index in [1.165, 1.54) is 6.08 Å². The van der Waals surface area contributed by atoms with E-state index in [2.05, 4.69) is 4.98 Å². The van der Waals surface area contributed by atoms with E-state index in [1.807, 2.05) is 66.7 Å². The lowest BCUT2D eigenvalue weighted by Crippen LogP contribution is -2.40. The van der Waals surface area contributed by atoms with Crippen molar-refractivity contribution in [2.45, 2.75) is 25.2 Å². The Labute approximate surface area is 182 Å². The summed E-state index contributed by atoms with van der Waals surface area (Å²) in [6.07, 6.45) is 7.52. The van der Waals surface area contributed by atoms with Crippen LogP contribution >= 0.6 is 0 Å². The molecule has 0 spiro atoms. The zero-order valence-corrected chi connectivity index (χ0v) is 17.4. The Balaban J connectivity index is 1.81. The lowest BCUT2D eigenvalue weighted by molar-refractivity contribution is -0.137. The van der Waals surface area contributed by atoms with Crippen LogP contribution in [0.25, 0.3) is 0 Å². The summed E-state index contributed by atoms with van der Waals surface area (Å²) in [5.41, 5.74) is 2.83. The van der Waals surface area contributed by atoms with Gasteiger partial charge in [-0.05, 0) is 61.2 Å². The third-order valence-corrected chi connectivity index (χ3v) is 5.55. The SMILES string of the molecule is CCOC(=O)/C=C/CC1(Cc2ccncc2)C(=O)N(c2ccccc2)c2ccccc21. The topological polar surface area (TPSA) is 59.5 Å². The van der Waals surface area contributed by atoms with Crippen LogP contribution in [0.3, 0.4) is 0 Å². The van der Waals surface area contributed by atoms with Crippen molar-refractivity contribution in [2.24, 2.45) is 0 Å². The summed E-state index contributed by atoms with van der Waals surface area (Å²) in [4.78, 5) is 31.8. The molecule has 1 aliphatic rings. The number of carbonyl (C=O) groups excluding carboxylic acids is 2. The third kappa shape index (κ3) is 3.99. The molecule has 0 saturated carbocycles. The Morgan fingerprint density at radius 2 is 1.74 bits per heavy atom. The Morgan fingerprint density at radius 1 is 1.03 bits per heavy atom.